The Morgan fingerprint density at radius 2 is 0.969 bits per heavy atom. The Labute approximate surface area is 396 Å². The molecule has 9 heteroatoms. The summed E-state index contributed by atoms with van der Waals surface area (Å²) in [5.41, 5.74) is 0. The summed E-state index contributed by atoms with van der Waals surface area (Å²) in [5, 5.41) is 53.9. The van der Waals surface area contributed by atoms with Crippen LogP contribution in [0.3, 0.4) is 0 Å². The van der Waals surface area contributed by atoms with Crippen LogP contribution >= 0.6 is 0 Å². The van der Waals surface area contributed by atoms with Gasteiger partial charge in [-0.15, -0.1) is 0 Å². The highest BCUT2D eigenvalue weighted by molar-refractivity contribution is 5.76. The van der Waals surface area contributed by atoms with Crippen molar-refractivity contribution >= 4 is 5.91 Å². The molecule has 1 aliphatic rings. The first-order chi connectivity index (χ1) is 31.8. The predicted molar refractivity (Wildman–Crippen MR) is 271 cm³/mol. The number of aliphatic hydroxyl groups excluding tert-OH is 5. The number of aliphatic hydroxyl groups is 5. The molecule has 7 atom stereocenters. The van der Waals surface area contributed by atoms with E-state index in [9.17, 15) is 30.3 Å². The van der Waals surface area contributed by atoms with Gasteiger partial charge < -0.3 is 40.3 Å². The van der Waals surface area contributed by atoms with E-state index in [4.69, 9.17) is 9.47 Å². The average molecular weight is 908 g/mol. The first-order valence-electron chi connectivity index (χ1n) is 25.6. The van der Waals surface area contributed by atoms with E-state index in [1.807, 2.05) is 6.08 Å². The molecular formula is C56H93NO8. The Morgan fingerprint density at radius 1 is 0.538 bits per heavy atom. The van der Waals surface area contributed by atoms with Crippen LogP contribution in [-0.4, -0.2) is 87.5 Å². The summed E-state index contributed by atoms with van der Waals surface area (Å²) in [6.45, 7) is 3.51. The molecule has 370 valence electrons. The van der Waals surface area contributed by atoms with Crippen LogP contribution in [-0.2, 0) is 14.3 Å². The quantitative estimate of drug-likeness (QED) is 0.0262. The third-order valence-corrected chi connectivity index (χ3v) is 11.3. The van der Waals surface area contributed by atoms with E-state index in [0.29, 0.717) is 6.42 Å². The minimum Gasteiger partial charge on any atom is -0.394 e. The second-order valence-corrected chi connectivity index (χ2v) is 17.2. The van der Waals surface area contributed by atoms with Gasteiger partial charge in [0.1, 0.15) is 24.4 Å². The lowest BCUT2D eigenvalue weighted by Crippen LogP contribution is -2.60. The number of unbranched alkanes of at least 4 members (excludes halogenated alkanes) is 15. The van der Waals surface area contributed by atoms with Gasteiger partial charge in [-0.05, 0) is 83.5 Å². The van der Waals surface area contributed by atoms with E-state index >= 15 is 0 Å². The van der Waals surface area contributed by atoms with E-state index in [0.717, 1.165) is 89.9 Å². The van der Waals surface area contributed by atoms with E-state index in [1.165, 1.54) is 70.6 Å². The number of carbonyl (C=O) groups is 1. The molecule has 7 unspecified atom stereocenters. The van der Waals surface area contributed by atoms with Crippen molar-refractivity contribution in [2.24, 2.45) is 0 Å². The highest BCUT2D eigenvalue weighted by Crippen LogP contribution is 2.22. The zero-order chi connectivity index (χ0) is 47.3. The second kappa shape index (κ2) is 44.7. The van der Waals surface area contributed by atoms with E-state index in [2.05, 4.69) is 116 Å². The molecule has 0 aromatic heterocycles. The van der Waals surface area contributed by atoms with Gasteiger partial charge in [-0.2, -0.15) is 0 Å². The Bertz CT molecular complexity index is 1380. The minimum atomic E-state index is -1.57. The van der Waals surface area contributed by atoms with E-state index < -0.39 is 49.5 Å². The SMILES string of the molecule is CC/C=C\C/C=C\C/C=C\C/C=C\C/C=C\C/C=C\C/C=C\CCCCCCCCCCCCCCCC(=O)NC(COC1OC(CO)C(O)C(O)C1O)C(O)/C=C/CC/C=C/CCC. The highest BCUT2D eigenvalue weighted by Gasteiger charge is 2.44. The topological polar surface area (TPSA) is 149 Å². The molecule has 1 fully saturated rings. The van der Waals surface area contributed by atoms with Gasteiger partial charge >= 0.3 is 0 Å². The fourth-order valence-electron chi connectivity index (χ4n) is 7.28. The minimum absolute atomic E-state index is 0.198. The third kappa shape index (κ3) is 34.8. The lowest BCUT2D eigenvalue weighted by molar-refractivity contribution is -0.302. The Morgan fingerprint density at radius 3 is 1.46 bits per heavy atom. The Kier molecular flexibility index (Phi) is 41.1. The molecule has 1 aliphatic heterocycles. The molecular weight excluding hydrogens is 815 g/mol. The molecule has 0 aromatic rings. The number of hydrogen-bond acceptors (Lipinski definition) is 8. The zero-order valence-corrected chi connectivity index (χ0v) is 40.7. The predicted octanol–water partition coefficient (Wildman–Crippen LogP) is 11.8. The number of hydrogen-bond donors (Lipinski definition) is 6. The van der Waals surface area contributed by atoms with Gasteiger partial charge in [0.25, 0.3) is 0 Å². The van der Waals surface area contributed by atoms with Crippen molar-refractivity contribution in [2.45, 2.75) is 224 Å². The van der Waals surface area contributed by atoms with Crippen molar-refractivity contribution in [1.29, 1.82) is 0 Å². The summed E-state index contributed by atoms with van der Waals surface area (Å²) in [4.78, 5) is 12.9. The average Bonchev–Trinajstić information content (AvgIpc) is 3.31. The summed E-state index contributed by atoms with van der Waals surface area (Å²) < 4.78 is 11.1. The van der Waals surface area contributed by atoms with Gasteiger partial charge in [-0.3, -0.25) is 4.79 Å². The molecule has 0 saturated carbocycles. The Hall–Kier alpha value is -3.15. The fourth-order valence-corrected chi connectivity index (χ4v) is 7.28. The molecule has 9 nitrogen and oxygen atoms in total. The van der Waals surface area contributed by atoms with Crippen molar-refractivity contribution in [3.05, 3.63) is 109 Å². The highest BCUT2D eigenvalue weighted by atomic mass is 16.7. The summed E-state index contributed by atoms with van der Waals surface area (Å²) in [5.74, 6) is -0.198. The normalized spacial score (nSPS) is 20.9. The molecule has 0 bridgehead atoms. The van der Waals surface area contributed by atoms with Gasteiger partial charge in [0.2, 0.25) is 5.91 Å². The van der Waals surface area contributed by atoms with Gasteiger partial charge in [-0.25, -0.2) is 0 Å². The maximum atomic E-state index is 12.9. The number of nitrogens with one attached hydrogen (secondary N) is 1. The first-order valence-corrected chi connectivity index (χ1v) is 25.6. The third-order valence-electron chi connectivity index (χ3n) is 11.3. The van der Waals surface area contributed by atoms with Gasteiger partial charge in [0.15, 0.2) is 6.29 Å². The number of amides is 1. The molecule has 0 radical (unpaired) electrons. The standard InChI is InChI=1S/C56H93NO8/c1-3-5-7-9-11-12-13-14-15-16-17-18-19-20-21-22-23-24-25-26-27-28-29-30-31-32-33-34-35-36-37-38-40-42-44-46-52(60)57-49(50(59)45-43-41-39-10-8-6-4-2)48-64-56-55(63)54(62)53(61)51(47-58)65-56/h5,7-8,10-12,14-15,17-18,20-21,23-24,26-27,43,45,49-51,53-56,58-59,61-63H,3-4,6,9,13,16,19,22,25,28-42,44,46-48H2,1-2H3,(H,57,60)/b7-5-,10-8+,12-11-,15-14-,18-17-,21-20-,24-23-,27-26-,45-43+. The monoisotopic (exact) mass is 908 g/mol. The first kappa shape index (κ1) is 59.9. The molecule has 1 amide bonds. The molecule has 0 aromatic carbocycles. The van der Waals surface area contributed by atoms with Crippen LogP contribution in [0.4, 0.5) is 0 Å². The molecule has 0 spiro atoms. The lowest BCUT2D eigenvalue weighted by atomic mass is 9.99. The van der Waals surface area contributed by atoms with Gasteiger partial charge in [-0.1, -0.05) is 200 Å². The maximum Gasteiger partial charge on any atom is 0.220 e. The molecule has 6 N–H and O–H groups in total. The lowest BCUT2D eigenvalue weighted by Gasteiger charge is -2.40. The number of carbonyl (C=O) groups excluding carboxylic acids is 1. The number of allylic oxidation sites excluding steroid dienone is 17. The van der Waals surface area contributed by atoms with Crippen molar-refractivity contribution in [3.63, 3.8) is 0 Å². The molecule has 1 saturated heterocycles. The zero-order valence-electron chi connectivity index (χ0n) is 40.7. The van der Waals surface area contributed by atoms with Crippen molar-refractivity contribution < 1.29 is 39.8 Å². The smallest absolute Gasteiger partial charge is 0.220 e. The van der Waals surface area contributed by atoms with Crippen molar-refractivity contribution in [1.82, 2.24) is 5.32 Å². The van der Waals surface area contributed by atoms with Crippen molar-refractivity contribution in [3.8, 4) is 0 Å². The largest absolute Gasteiger partial charge is 0.394 e. The summed E-state index contributed by atoms with van der Waals surface area (Å²) in [7, 11) is 0. The van der Waals surface area contributed by atoms with E-state index in [-0.39, 0.29) is 12.5 Å². The van der Waals surface area contributed by atoms with Crippen LogP contribution < -0.4 is 5.32 Å². The summed E-state index contributed by atoms with van der Waals surface area (Å²) in [6.07, 6.45) is 59.0. The van der Waals surface area contributed by atoms with E-state index in [1.54, 1.807) is 6.08 Å². The number of ether oxygens (including phenoxy) is 2. The molecule has 65 heavy (non-hydrogen) atoms. The van der Waals surface area contributed by atoms with Crippen molar-refractivity contribution in [2.75, 3.05) is 13.2 Å². The fraction of sp³-hybridized carbons (Fsp3) is 0.661. The maximum absolute atomic E-state index is 12.9. The van der Waals surface area contributed by atoms with Crippen LogP contribution in [0.1, 0.15) is 181 Å². The van der Waals surface area contributed by atoms with Crippen LogP contribution in [0, 0.1) is 0 Å². The molecule has 1 rings (SSSR count). The van der Waals surface area contributed by atoms with Crippen LogP contribution in [0.2, 0.25) is 0 Å². The van der Waals surface area contributed by atoms with Crippen LogP contribution in [0.5, 0.6) is 0 Å². The molecule has 0 aliphatic carbocycles. The number of rotatable bonds is 41. The van der Waals surface area contributed by atoms with Crippen LogP contribution in [0.25, 0.3) is 0 Å². The second-order valence-electron chi connectivity index (χ2n) is 17.2. The van der Waals surface area contributed by atoms with Crippen LogP contribution in [0.15, 0.2) is 109 Å². The van der Waals surface area contributed by atoms with Gasteiger partial charge in [0, 0.05) is 6.42 Å². The van der Waals surface area contributed by atoms with Gasteiger partial charge in [0.05, 0.1) is 25.4 Å². The Balaban J connectivity index is 2.09. The summed E-state index contributed by atoms with van der Waals surface area (Å²) >= 11 is 0. The summed E-state index contributed by atoms with van der Waals surface area (Å²) in [6, 6.07) is -0.825. The molecule has 1 heterocycles.